The lowest BCUT2D eigenvalue weighted by Crippen LogP contribution is -2.27. The molecule has 1 unspecified atom stereocenters. The van der Waals surface area contributed by atoms with Gasteiger partial charge in [-0.3, -0.25) is 4.79 Å². The van der Waals surface area contributed by atoms with Crippen LogP contribution in [-0.2, 0) is 9.53 Å². The van der Waals surface area contributed by atoms with Crippen molar-refractivity contribution in [1.82, 2.24) is 4.98 Å². The Bertz CT molecular complexity index is 701. The van der Waals surface area contributed by atoms with Crippen LogP contribution in [0.3, 0.4) is 0 Å². The molecule has 0 radical (unpaired) electrons. The van der Waals surface area contributed by atoms with Crippen LogP contribution in [-0.4, -0.2) is 23.6 Å². The van der Waals surface area contributed by atoms with Crippen LogP contribution in [0.15, 0.2) is 36.5 Å². The van der Waals surface area contributed by atoms with Gasteiger partial charge in [-0.25, -0.2) is 4.98 Å². The molecule has 7 heteroatoms. The Morgan fingerprint density at radius 1 is 1.26 bits per heavy atom. The van der Waals surface area contributed by atoms with E-state index in [9.17, 15) is 4.79 Å². The van der Waals surface area contributed by atoms with E-state index in [1.165, 1.54) is 0 Å². The van der Waals surface area contributed by atoms with Crippen molar-refractivity contribution in [3.8, 4) is 0 Å². The number of hydrogen-bond acceptors (Lipinski definition) is 4. The minimum atomic E-state index is -0.375. The number of hydrogen-bond donors (Lipinski definition) is 2. The lowest BCUT2D eigenvalue weighted by molar-refractivity contribution is -0.124. The zero-order chi connectivity index (χ0) is 16.2. The number of anilines is 3. The van der Waals surface area contributed by atoms with Crippen LogP contribution in [0.4, 0.5) is 17.2 Å². The zero-order valence-corrected chi connectivity index (χ0v) is 13.7. The van der Waals surface area contributed by atoms with Gasteiger partial charge in [0.15, 0.2) is 0 Å². The second-order valence-corrected chi connectivity index (χ2v) is 6.02. The summed E-state index contributed by atoms with van der Waals surface area (Å²) in [6, 6.07) is 8.69. The fraction of sp³-hybridized carbons (Fsp3) is 0.250. The maximum Gasteiger partial charge on any atom is 0.254 e. The van der Waals surface area contributed by atoms with Gasteiger partial charge in [-0.1, -0.05) is 23.2 Å². The zero-order valence-electron chi connectivity index (χ0n) is 12.2. The molecule has 2 N–H and O–H groups in total. The van der Waals surface area contributed by atoms with E-state index < -0.39 is 0 Å². The molecule has 1 amide bonds. The monoisotopic (exact) mass is 351 g/mol. The van der Waals surface area contributed by atoms with Crippen LogP contribution in [0.25, 0.3) is 0 Å². The van der Waals surface area contributed by atoms with Gasteiger partial charge in [0, 0.05) is 11.6 Å². The predicted octanol–water partition coefficient (Wildman–Crippen LogP) is 4.25. The average Bonchev–Trinajstić information content (AvgIpc) is 3.07. The van der Waals surface area contributed by atoms with Crippen molar-refractivity contribution >= 4 is 46.3 Å². The first-order valence-corrected chi connectivity index (χ1v) is 7.98. The number of nitrogens with zero attached hydrogens (tertiary/aromatic N) is 1. The van der Waals surface area contributed by atoms with Gasteiger partial charge >= 0.3 is 0 Å². The van der Waals surface area contributed by atoms with Gasteiger partial charge in [-0.15, -0.1) is 0 Å². The Labute approximate surface area is 144 Å². The topological polar surface area (TPSA) is 63.2 Å². The fourth-order valence-electron chi connectivity index (χ4n) is 2.28. The minimum Gasteiger partial charge on any atom is -0.368 e. The van der Waals surface area contributed by atoms with Crippen LogP contribution in [0.5, 0.6) is 0 Å². The van der Waals surface area contributed by atoms with Gasteiger partial charge in [0.2, 0.25) is 0 Å². The Morgan fingerprint density at radius 3 is 2.83 bits per heavy atom. The fourth-order valence-corrected chi connectivity index (χ4v) is 2.62. The second kappa shape index (κ2) is 7.17. The van der Waals surface area contributed by atoms with E-state index in [4.69, 9.17) is 27.9 Å². The summed E-state index contributed by atoms with van der Waals surface area (Å²) in [6.07, 6.45) is 2.90. The summed E-state index contributed by atoms with van der Waals surface area (Å²) < 4.78 is 5.33. The summed E-state index contributed by atoms with van der Waals surface area (Å²) in [6.45, 7) is 0.634. The number of pyridine rings is 1. The Morgan fingerprint density at radius 2 is 2.13 bits per heavy atom. The quantitative estimate of drug-likeness (QED) is 0.864. The number of aromatic nitrogens is 1. The average molecular weight is 352 g/mol. The molecule has 1 atom stereocenters. The van der Waals surface area contributed by atoms with E-state index in [0.717, 1.165) is 18.5 Å². The lowest BCUT2D eigenvalue weighted by Gasteiger charge is -2.11. The highest BCUT2D eigenvalue weighted by molar-refractivity contribution is 6.35. The predicted molar refractivity (Wildman–Crippen MR) is 91.6 cm³/mol. The molecule has 0 aliphatic carbocycles. The molecule has 2 aromatic rings. The molecule has 1 aliphatic heterocycles. The van der Waals surface area contributed by atoms with Crippen molar-refractivity contribution in [2.75, 3.05) is 17.2 Å². The molecule has 1 aromatic heterocycles. The number of rotatable bonds is 4. The molecule has 1 fully saturated rings. The highest BCUT2D eigenvalue weighted by Crippen LogP contribution is 2.28. The molecule has 1 aromatic carbocycles. The van der Waals surface area contributed by atoms with Crippen molar-refractivity contribution in [1.29, 1.82) is 0 Å². The van der Waals surface area contributed by atoms with Crippen molar-refractivity contribution in [3.63, 3.8) is 0 Å². The second-order valence-electron chi connectivity index (χ2n) is 5.17. The van der Waals surface area contributed by atoms with E-state index in [2.05, 4.69) is 15.6 Å². The van der Waals surface area contributed by atoms with E-state index in [-0.39, 0.29) is 12.0 Å². The van der Waals surface area contributed by atoms with Crippen LogP contribution < -0.4 is 10.6 Å². The molecular formula is C16H15Cl2N3O2. The van der Waals surface area contributed by atoms with Crippen LogP contribution in [0.2, 0.25) is 10.0 Å². The molecular weight excluding hydrogens is 337 g/mol. The summed E-state index contributed by atoms with van der Waals surface area (Å²) in [5, 5.41) is 7.03. The Hall–Kier alpha value is -1.82. The molecule has 2 heterocycles. The van der Waals surface area contributed by atoms with Gasteiger partial charge in [-0.2, -0.15) is 0 Å². The van der Waals surface area contributed by atoms with Crippen molar-refractivity contribution < 1.29 is 9.53 Å². The first-order chi connectivity index (χ1) is 11.1. The molecule has 120 valence electrons. The largest absolute Gasteiger partial charge is 0.368 e. The van der Waals surface area contributed by atoms with E-state index >= 15 is 0 Å². The molecule has 0 spiro atoms. The van der Waals surface area contributed by atoms with E-state index in [1.54, 1.807) is 36.5 Å². The SMILES string of the molecule is O=C(Nc1ccc(Nc2cc(Cl)ccc2Cl)cn1)C1CCCO1. The van der Waals surface area contributed by atoms with Gasteiger partial charge in [-0.05, 0) is 43.2 Å². The van der Waals surface area contributed by atoms with Crippen molar-refractivity contribution in [2.24, 2.45) is 0 Å². The molecule has 23 heavy (non-hydrogen) atoms. The lowest BCUT2D eigenvalue weighted by atomic mass is 10.2. The molecule has 5 nitrogen and oxygen atoms in total. The van der Waals surface area contributed by atoms with Gasteiger partial charge in [0.1, 0.15) is 11.9 Å². The number of amides is 1. The normalized spacial score (nSPS) is 17.0. The van der Waals surface area contributed by atoms with Crippen LogP contribution in [0, 0.1) is 0 Å². The molecule has 0 bridgehead atoms. The maximum absolute atomic E-state index is 11.9. The summed E-state index contributed by atoms with van der Waals surface area (Å²) in [4.78, 5) is 16.2. The Balaban J connectivity index is 1.64. The van der Waals surface area contributed by atoms with Crippen LogP contribution in [0.1, 0.15) is 12.8 Å². The van der Waals surface area contributed by atoms with E-state index in [1.807, 2.05) is 0 Å². The standard InChI is InChI=1S/C16H15Cl2N3O2/c17-10-3-5-12(18)13(8-10)20-11-4-6-15(19-9-11)21-16(22)14-2-1-7-23-14/h3-6,8-9,14,20H,1-2,7H2,(H,19,21,22). The Kier molecular flexibility index (Phi) is 5.00. The summed E-state index contributed by atoms with van der Waals surface area (Å²) >= 11 is 12.1. The molecule has 1 saturated heterocycles. The molecule has 1 aliphatic rings. The third kappa shape index (κ3) is 4.13. The third-order valence-corrected chi connectivity index (χ3v) is 4.01. The third-order valence-electron chi connectivity index (χ3n) is 3.44. The van der Waals surface area contributed by atoms with Gasteiger partial charge in [0.05, 0.1) is 22.6 Å². The number of benzene rings is 1. The number of ether oxygens (including phenoxy) is 1. The first-order valence-electron chi connectivity index (χ1n) is 7.22. The smallest absolute Gasteiger partial charge is 0.254 e. The van der Waals surface area contributed by atoms with Gasteiger partial charge in [0.25, 0.3) is 5.91 Å². The summed E-state index contributed by atoms with van der Waals surface area (Å²) in [5.74, 6) is 0.321. The van der Waals surface area contributed by atoms with Crippen molar-refractivity contribution in [2.45, 2.75) is 18.9 Å². The highest BCUT2D eigenvalue weighted by atomic mass is 35.5. The highest BCUT2D eigenvalue weighted by Gasteiger charge is 2.23. The molecule has 3 rings (SSSR count). The first kappa shape index (κ1) is 16.1. The molecule has 0 saturated carbocycles. The number of halogens is 2. The van der Waals surface area contributed by atoms with Gasteiger partial charge < -0.3 is 15.4 Å². The van der Waals surface area contributed by atoms with E-state index in [0.29, 0.717) is 28.2 Å². The summed E-state index contributed by atoms with van der Waals surface area (Å²) in [5.41, 5.74) is 1.43. The maximum atomic E-state index is 11.9. The number of carbonyl (C=O) groups is 1. The number of carbonyl (C=O) groups excluding carboxylic acids is 1. The minimum absolute atomic E-state index is 0.159. The van der Waals surface area contributed by atoms with Crippen LogP contribution >= 0.6 is 23.2 Å². The van der Waals surface area contributed by atoms with Crippen molar-refractivity contribution in [3.05, 3.63) is 46.6 Å². The summed E-state index contributed by atoms with van der Waals surface area (Å²) in [7, 11) is 0. The number of nitrogens with one attached hydrogen (secondary N) is 2.